The Hall–Kier alpha value is -2.28. The minimum absolute atomic E-state index is 0.00414. The van der Waals surface area contributed by atoms with E-state index in [4.69, 9.17) is 10.3 Å². The Morgan fingerprint density at radius 2 is 1.95 bits per heavy atom. The highest BCUT2D eigenvalue weighted by Crippen LogP contribution is 2.39. The van der Waals surface area contributed by atoms with Crippen LogP contribution in [0.5, 0.6) is 0 Å². The van der Waals surface area contributed by atoms with Gasteiger partial charge in [0.1, 0.15) is 5.69 Å². The first-order valence-corrected chi connectivity index (χ1v) is 6.86. The van der Waals surface area contributed by atoms with Crippen LogP contribution in [0.4, 0.5) is 19.1 Å². The molecule has 7 heteroatoms. The number of rotatable bonds is 2. The highest BCUT2D eigenvalue weighted by atomic mass is 32.1. The fourth-order valence-electron chi connectivity index (χ4n) is 2.03. The molecule has 0 unspecified atom stereocenters. The van der Waals surface area contributed by atoms with E-state index >= 15 is 0 Å². The average Bonchev–Trinajstić information content (AvgIpc) is 3.06. The Morgan fingerprint density at radius 1 is 1.14 bits per heavy atom. The van der Waals surface area contributed by atoms with Crippen molar-refractivity contribution in [2.45, 2.75) is 6.18 Å². The zero-order valence-electron chi connectivity index (χ0n) is 10.5. The van der Waals surface area contributed by atoms with E-state index in [-0.39, 0.29) is 5.88 Å². The molecule has 0 aliphatic carbocycles. The van der Waals surface area contributed by atoms with Crippen molar-refractivity contribution in [2.24, 2.45) is 0 Å². The number of nitrogen functional groups attached to an aromatic ring is 1. The predicted molar refractivity (Wildman–Crippen MR) is 74.7 cm³/mol. The third-order valence-corrected chi connectivity index (χ3v) is 3.67. The van der Waals surface area contributed by atoms with Gasteiger partial charge in [-0.15, -0.1) is 0 Å². The van der Waals surface area contributed by atoms with Crippen molar-refractivity contribution in [2.75, 3.05) is 5.73 Å². The predicted octanol–water partition coefficient (Wildman–Crippen LogP) is 4.67. The van der Waals surface area contributed by atoms with E-state index in [1.54, 1.807) is 12.1 Å². The zero-order chi connectivity index (χ0) is 15.0. The fraction of sp³-hybridized carbons (Fsp3) is 0.0714. The number of aromatic nitrogens is 1. The molecule has 0 aliphatic heterocycles. The van der Waals surface area contributed by atoms with Gasteiger partial charge in [-0.05, 0) is 29.1 Å². The number of halogens is 3. The number of hydrogen-bond acceptors (Lipinski definition) is 4. The molecule has 0 saturated carbocycles. The lowest BCUT2D eigenvalue weighted by atomic mass is 10.0. The largest absolute Gasteiger partial charge is 0.416 e. The summed E-state index contributed by atoms with van der Waals surface area (Å²) in [5.41, 5.74) is 6.89. The van der Waals surface area contributed by atoms with Crippen LogP contribution in [0.25, 0.3) is 22.4 Å². The van der Waals surface area contributed by atoms with E-state index in [1.807, 2.05) is 10.8 Å². The van der Waals surface area contributed by atoms with Crippen LogP contribution in [-0.4, -0.2) is 5.16 Å². The van der Waals surface area contributed by atoms with Crippen LogP contribution in [0.15, 0.2) is 45.6 Å². The monoisotopic (exact) mass is 310 g/mol. The number of benzene rings is 1. The average molecular weight is 310 g/mol. The van der Waals surface area contributed by atoms with Crippen LogP contribution >= 0.6 is 11.3 Å². The van der Waals surface area contributed by atoms with Gasteiger partial charge in [-0.3, -0.25) is 0 Å². The summed E-state index contributed by atoms with van der Waals surface area (Å²) in [4.78, 5) is 0. The first kappa shape index (κ1) is 13.7. The first-order valence-electron chi connectivity index (χ1n) is 5.92. The minimum Gasteiger partial charge on any atom is -0.367 e. The molecule has 0 radical (unpaired) electrons. The number of alkyl halides is 3. The molecule has 3 nitrogen and oxygen atoms in total. The summed E-state index contributed by atoms with van der Waals surface area (Å²) in [5, 5.41) is 7.52. The molecule has 2 aromatic heterocycles. The van der Waals surface area contributed by atoms with Crippen LogP contribution in [0, 0.1) is 0 Å². The van der Waals surface area contributed by atoms with Crippen LogP contribution in [0.3, 0.4) is 0 Å². The van der Waals surface area contributed by atoms with Gasteiger partial charge in [-0.1, -0.05) is 17.3 Å². The SMILES string of the molecule is Nc1onc(-c2ccsc2)c1-c1cccc(C(F)(F)F)c1. The zero-order valence-corrected chi connectivity index (χ0v) is 11.3. The second kappa shape index (κ2) is 4.92. The van der Waals surface area contributed by atoms with Crippen molar-refractivity contribution in [1.29, 1.82) is 0 Å². The van der Waals surface area contributed by atoms with Crippen LogP contribution in [0.2, 0.25) is 0 Å². The van der Waals surface area contributed by atoms with Gasteiger partial charge in [-0.2, -0.15) is 24.5 Å². The van der Waals surface area contributed by atoms with Gasteiger partial charge in [0.05, 0.1) is 11.1 Å². The topological polar surface area (TPSA) is 52.0 Å². The normalized spacial score (nSPS) is 11.8. The summed E-state index contributed by atoms with van der Waals surface area (Å²) in [6, 6.07) is 6.74. The molecular weight excluding hydrogens is 301 g/mol. The quantitative estimate of drug-likeness (QED) is 0.748. The number of nitrogens with zero attached hydrogens (tertiary/aromatic N) is 1. The standard InChI is InChI=1S/C14H9F3N2OS/c15-14(16,17)10-3-1-2-8(6-10)11-12(19-20-13(11)18)9-4-5-21-7-9/h1-7H,18H2. The van der Waals surface area contributed by atoms with E-state index in [0.29, 0.717) is 16.8 Å². The Kier molecular flexibility index (Phi) is 3.21. The first-order chi connectivity index (χ1) is 9.97. The van der Waals surface area contributed by atoms with Gasteiger partial charge in [0.25, 0.3) is 0 Å². The summed E-state index contributed by atoms with van der Waals surface area (Å²) in [6.45, 7) is 0. The van der Waals surface area contributed by atoms with E-state index in [1.165, 1.54) is 17.4 Å². The van der Waals surface area contributed by atoms with Gasteiger partial charge in [0.2, 0.25) is 5.88 Å². The third kappa shape index (κ3) is 2.52. The van der Waals surface area contributed by atoms with Gasteiger partial charge in [0.15, 0.2) is 0 Å². The second-order valence-corrected chi connectivity index (χ2v) is 5.14. The number of nitrogens with two attached hydrogens (primary N) is 1. The molecular formula is C14H9F3N2OS. The maximum Gasteiger partial charge on any atom is 0.416 e. The Balaban J connectivity index is 2.16. The molecule has 0 aliphatic rings. The van der Waals surface area contributed by atoms with Crippen LogP contribution < -0.4 is 5.73 Å². The van der Waals surface area contributed by atoms with Gasteiger partial charge in [0, 0.05) is 10.9 Å². The molecule has 108 valence electrons. The summed E-state index contributed by atoms with van der Waals surface area (Å²) in [5.74, 6) is -0.00414. The second-order valence-electron chi connectivity index (χ2n) is 4.36. The maximum atomic E-state index is 12.8. The Morgan fingerprint density at radius 3 is 2.62 bits per heavy atom. The van der Waals surface area contributed by atoms with E-state index in [9.17, 15) is 13.2 Å². The van der Waals surface area contributed by atoms with Gasteiger partial charge < -0.3 is 10.3 Å². The molecule has 3 aromatic rings. The molecule has 0 amide bonds. The molecule has 21 heavy (non-hydrogen) atoms. The van der Waals surface area contributed by atoms with E-state index in [2.05, 4.69) is 5.16 Å². The van der Waals surface area contributed by atoms with Crippen molar-refractivity contribution in [3.8, 4) is 22.4 Å². The number of anilines is 1. The third-order valence-electron chi connectivity index (χ3n) is 2.99. The van der Waals surface area contributed by atoms with Crippen LogP contribution in [-0.2, 0) is 6.18 Å². The van der Waals surface area contributed by atoms with Crippen molar-refractivity contribution in [3.63, 3.8) is 0 Å². The molecule has 3 rings (SSSR count). The summed E-state index contributed by atoms with van der Waals surface area (Å²) in [7, 11) is 0. The number of thiophene rings is 1. The molecule has 1 aromatic carbocycles. The maximum absolute atomic E-state index is 12.8. The van der Waals surface area contributed by atoms with Crippen molar-refractivity contribution >= 4 is 17.2 Å². The van der Waals surface area contributed by atoms with Gasteiger partial charge >= 0.3 is 6.18 Å². The number of hydrogen-bond donors (Lipinski definition) is 1. The summed E-state index contributed by atoms with van der Waals surface area (Å²) >= 11 is 1.45. The van der Waals surface area contributed by atoms with Crippen LogP contribution in [0.1, 0.15) is 5.56 Å². The molecule has 0 atom stereocenters. The highest BCUT2D eigenvalue weighted by molar-refractivity contribution is 7.08. The molecule has 0 saturated heterocycles. The van der Waals surface area contributed by atoms with Crippen molar-refractivity contribution in [1.82, 2.24) is 5.16 Å². The molecule has 0 fully saturated rings. The molecule has 0 bridgehead atoms. The summed E-state index contributed by atoms with van der Waals surface area (Å²) < 4.78 is 43.4. The lowest BCUT2D eigenvalue weighted by Gasteiger charge is -2.08. The highest BCUT2D eigenvalue weighted by Gasteiger charge is 2.31. The minimum atomic E-state index is -4.41. The lowest BCUT2D eigenvalue weighted by Crippen LogP contribution is -2.04. The lowest BCUT2D eigenvalue weighted by molar-refractivity contribution is -0.137. The molecule has 2 heterocycles. The molecule has 0 spiro atoms. The molecule has 2 N–H and O–H groups in total. The van der Waals surface area contributed by atoms with Crippen molar-refractivity contribution < 1.29 is 17.7 Å². The summed E-state index contributed by atoms with van der Waals surface area (Å²) in [6.07, 6.45) is -4.41. The Labute approximate surface area is 121 Å². The Bertz CT molecular complexity index is 763. The van der Waals surface area contributed by atoms with Crippen molar-refractivity contribution in [3.05, 3.63) is 46.7 Å². The van der Waals surface area contributed by atoms with E-state index in [0.717, 1.165) is 17.7 Å². The van der Waals surface area contributed by atoms with E-state index < -0.39 is 11.7 Å². The smallest absolute Gasteiger partial charge is 0.367 e. The fourth-order valence-corrected chi connectivity index (χ4v) is 2.67. The van der Waals surface area contributed by atoms with Gasteiger partial charge in [-0.25, -0.2) is 0 Å².